The van der Waals surface area contributed by atoms with E-state index in [9.17, 15) is 4.79 Å². The Hall–Kier alpha value is -2.38. The van der Waals surface area contributed by atoms with Crippen LogP contribution in [-0.2, 0) is 19.1 Å². The van der Waals surface area contributed by atoms with Crippen molar-refractivity contribution in [3.63, 3.8) is 0 Å². The first kappa shape index (κ1) is 17.0. The minimum absolute atomic E-state index is 0.121. The number of carbonyl (C=O) groups is 1. The zero-order valence-electron chi connectivity index (χ0n) is 14.6. The number of hydrogen-bond acceptors (Lipinski definition) is 4. The van der Waals surface area contributed by atoms with Crippen LogP contribution in [-0.4, -0.2) is 30.6 Å². The molecule has 0 fully saturated rings. The molecule has 23 heavy (non-hydrogen) atoms. The smallest absolute Gasteiger partial charge is 0.315 e. The fourth-order valence-electron chi connectivity index (χ4n) is 2.47. The van der Waals surface area contributed by atoms with Crippen molar-refractivity contribution >= 4 is 6.03 Å². The van der Waals surface area contributed by atoms with Crippen LogP contribution in [0.25, 0.3) is 0 Å². The van der Waals surface area contributed by atoms with Gasteiger partial charge in [0.1, 0.15) is 12.2 Å². The van der Waals surface area contributed by atoms with E-state index >= 15 is 0 Å². The number of nitrogens with one attached hydrogen (secondary N) is 2. The van der Waals surface area contributed by atoms with Gasteiger partial charge in [0.05, 0.1) is 23.8 Å². The average Bonchev–Trinajstić information content (AvgIpc) is 3.02. The molecule has 2 aromatic rings. The zero-order chi connectivity index (χ0) is 17.2. The normalized spacial score (nSPS) is 13.0. The highest BCUT2D eigenvalue weighted by Crippen LogP contribution is 2.15. The first-order valence-corrected chi connectivity index (χ1v) is 7.62. The Morgan fingerprint density at radius 3 is 2.65 bits per heavy atom. The van der Waals surface area contributed by atoms with Crippen molar-refractivity contribution in [1.82, 2.24) is 35.2 Å². The number of hydrogen-bond donors (Lipinski definition) is 2. The Bertz CT molecular complexity index is 680. The quantitative estimate of drug-likeness (QED) is 0.896. The molecule has 2 rings (SSSR count). The summed E-state index contributed by atoms with van der Waals surface area (Å²) < 4.78 is 3.55. The second-order valence-corrected chi connectivity index (χ2v) is 6.65. The van der Waals surface area contributed by atoms with E-state index in [1.165, 1.54) is 6.33 Å². The summed E-state index contributed by atoms with van der Waals surface area (Å²) in [5.41, 5.74) is 1.73. The molecule has 0 bridgehead atoms. The molecule has 2 amide bonds. The topological polar surface area (TPSA) is 89.7 Å². The second kappa shape index (κ2) is 6.39. The molecule has 0 aliphatic heterocycles. The highest BCUT2D eigenvalue weighted by molar-refractivity contribution is 5.74. The first-order chi connectivity index (χ1) is 10.7. The molecule has 126 valence electrons. The molecular weight excluding hydrogens is 294 g/mol. The Morgan fingerprint density at radius 1 is 1.39 bits per heavy atom. The minimum Gasteiger partial charge on any atom is -0.332 e. The van der Waals surface area contributed by atoms with Crippen molar-refractivity contribution in [3.8, 4) is 0 Å². The summed E-state index contributed by atoms with van der Waals surface area (Å²) >= 11 is 0. The van der Waals surface area contributed by atoms with Crippen LogP contribution in [0.1, 0.15) is 50.8 Å². The van der Waals surface area contributed by atoms with Gasteiger partial charge in [0.25, 0.3) is 0 Å². The summed E-state index contributed by atoms with van der Waals surface area (Å²) in [5.74, 6) is 0.720. The molecule has 2 heterocycles. The van der Waals surface area contributed by atoms with Gasteiger partial charge >= 0.3 is 6.03 Å². The van der Waals surface area contributed by atoms with Crippen LogP contribution >= 0.6 is 0 Å². The molecule has 2 N–H and O–H groups in total. The molecule has 0 radical (unpaired) electrons. The van der Waals surface area contributed by atoms with Crippen molar-refractivity contribution in [2.45, 2.75) is 52.7 Å². The maximum absolute atomic E-state index is 12.1. The second-order valence-electron chi connectivity index (χ2n) is 6.65. The predicted octanol–water partition coefficient (Wildman–Crippen LogP) is 1.64. The Kier molecular flexibility index (Phi) is 4.72. The Balaban J connectivity index is 1.93. The molecule has 0 saturated carbocycles. The van der Waals surface area contributed by atoms with Crippen molar-refractivity contribution in [3.05, 3.63) is 29.6 Å². The van der Waals surface area contributed by atoms with Gasteiger partial charge in [-0.25, -0.2) is 14.5 Å². The zero-order valence-corrected chi connectivity index (χ0v) is 14.6. The predicted molar refractivity (Wildman–Crippen MR) is 86.7 cm³/mol. The van der Waals surface area contributed by atoms with E-state index in [4.69, 9.17) is 0 Å². The number of rotatable bonds is 4. The maximum atomic E-state index is 12.1. The van der Waals surface area contributed by atoms with Gasteiger partial charge < -0.3 is 10.6 Å². The first-order valence-electron chi connectivity index (χ1n) is 7.62. The van der Waals surface area contributed by atoms with Crippen molar-refractivity contribution in [2.75, 3.05) is 0 Å². The van der Waals surface area contributed by atoms with Crippen LogP contribution in [0, 0.1) is 6.92 Å². The fraction of sp³-hybridized carbons (Fsp3) is 0.600. The third-order valence-electron chi connectivity index (χ3n) is 3.53. The number of urea groups is 1. The molecular formula is C15H25N7O. The lowest BCUT2D eigenvalue weighted by Crippen LogP contribution is -2.38. The van der Waals surface area contributed by atoms with E-state index in [0.29, 0.717) is 6.54 Å². The van der Waals surface area contributed by atoms with Crippen molar-refractivity contribution in [1.29, 1.82) is 0 Å². The van der Waals surface area contributed by atoms with Gasteiger partial charge in [-0.1, -0.05) is 0 Å². The van der Waals surface area contributed by atoms with Crippen LogP contribution in [0.15, 0.2) is 12.5 Å². The molecule has 1 unspecified atom stereocenters. The molecule has 1 atom stereocenters. The number of aromatic nitrogens is 5. The summed E-state index contributed by atoms with van der Waals surface area (Å²) in [7, 11) is 1.86. The molecule has 8 nitrogen and oxygen atoms in total. The Labute approximate surface area is 136 Å². The average molecular weight is 319 g/mol. The van der Waals surface area contributed by atoms with E-state index in [-0.39, 0.29) is 17.6 Å². The van der Waals surface area contributed by atoms with Gasteiger partial charge in [-0.2, -0.15) is 10.2 Å². The van der Waals surface area contributed by atoms with Crippen LogP contribution < -0.4 is 10.6 Å². The monoisotopic (exact) mass is 319 g/mol. The SMILES string of the molecule is Cc1nn(C)cc1C(C)NC(=O)NCc1ncnn1C(C)(C)C. The number of nitrogens with zero attached hydrogens (tertiary/aromatic N) is 5. The maximum Gasteiger partial charge on any atom is 0.315 e. The van der Waals surface area contributed by atoms with Crippen molar-refractivity contribution in [2.24, 2.45) is 7.05 Å². The molecule has 0 saturated heterocycles. The van der Waals surface area contributed by atoms with Crippen LogP contribution in [0.5, 0.6) is 0 Å². The van der Waals surface area contributed by atoms with Gasteiger partial charge in [0.15, 0.2) is 0 Å². The number of carbonyl (C=O) groups excluding carboxylic acids is 1. The lowest BCUT2D eigenvalue weighted by molar-refractivity contribution is 0.236. The lowest BCUT2D eigenvalue weighted by atomic mass is 10.1. The van der Waals surface area contributed by atoms with Gasteiger partial charge in [0, 0.05) is 18.8 Å². The molecule has 0 spiro atoms. The summed E-state index contributed by atoms with van der Waals surface area (Å²) in [6.07, 6.45) is 3.41. The van der Waals surface area contributed by atoms with Gasteiger partial charge in [-0.3, -0.25) is 4.68 Å². The van der Waals surface area contributed by atoms with Gasteiger partial charge in [-0.15, -0.1) is 0 Å². The summed E-state index contributed by atoms with van der Waals surface area (Å²) in [5, 5.41) is 14.2. The highest BCUT2D eigenvalue weighted by Gasteiger charge is 2.19. The molecule has 0 aromatic carbocycles. The largest absolute Gasteiger partial charge is 0.332 e. The van der Waals surface area contributed by atoms with E-state index < -0.39 is 0 Å². The highest BCUT2D eigenvalue weighted by atomic mass is 16.2. The third-order valence-corrected chi connectivity index (χ3v) is 3.53. The minimum atomic E-state index is -0.246. The van der Waals surface area contributed by atoms with E-state index in [0.717, 1.165) is 17.1 Å². The summed E-state index contributed by atoms with van der Waals surface area (Å²) in [6.45, 7) is 10.3. The van der Waals surface area contributed by atoms with E-state index in [2.05, 4.69) is 25.8 Å². The Morgan fingerprint density at radius 2 is 2.09 bits per heavy atom. The molecule has 2 aromatic heterocycles. The number of amides is 2. The van der Waals surface area contributed by atoms with E-state index in [1.54, 1.807) is 4.68 Å². The standard InChI is InChI=1S/C15H25N7O/c1-10(12-8-21(6)20-11(12)2)19-14(23)16-7-13-17-9-18-22(13)15(3,4)5/h8-10H,7H2,1-6H3,(H2,16,19,23). The third kappa shape index (κ3) is 4.08. The van der Waals surface area contributed by atoms with E-state index in [1.807, 2.05) is 52.5 Å². The van der Waals surface area contributed by atoms with Crippen molar-refractivity contribution < 1.29 is 4.79 Å². The van der Waals surface area contributed by atoms with Gasteiger partial charge in [-0.05, 0) is 34.6 Å². The molecule has 0 aliphatic rings. The lowest BCUT2D eigenvalue weighted by Gasteiger charge is -2.21. The number of aryl methyl sites for hydroxylation is 2. The fourth-order valence-corrected chi connectivity index (χ4v) is 2.47. The molecule has 8 heteroatoms. The van der Waals surface area contributed by atoms with Crippen LogP contribution in [0.4, 0.5) is 4.79 Å². The van der Waals surface area contributed by atoms with Gasteiger partial charge in [0.2, 0.25) is 0 Å². The molecule has 0 aliphatic carbocycles. The summed E-state index contributed by atoms with van der Waals surface area (Å²) in [6, 6.07) is -0.367. The summed E-state index contributed by atoms with van der Waals surface area (Å²) in [4.78, 5) is 16.3. The van der Waals surface area contributed by atoms with Crippen LogP contribution in [0.2, 0.25) is 0 Å². The van der Waals surface area contributed by atoms with Crippen LogP contribution in [0.3, 0.4) is 0 Å².